The number of allylic oxidation sites excluding steroid dienone is 2. The molecule has 6 heteroatoms. The first-order valence-electron chi connectivity index (χ1n) is 10.0. The Kier molecular flexibility index (Phi) is 4.53. The van der Waals surface area contributed by atoms with Crippen LogP contribution in [0.3, 0.4) is 0 Å². The minimum atomic E-state index is -0.531. The summed E-state index contributed by atoms with van der Waals surface area (Å²) in [4.78, 5) is 19.9. The van der Waals surface area contributed by atoms with Gasteiger partial charge in [-0.25, -0.2) is 4.98 Å². The molecule has 6 nitrogen and oxygen atoms in total. The molecule has 2 saturated heterocycles. The smallest absolute Gasteiger partial charge is 0.254 e. The predicted octanol–water partition coefficient (Wildman–Crippen LogP) is 2.56. The number of carbonyl (C=O) groups excluding carboxylic acids is 1. The van der Waals surface area contributed by atoms with Crippen LogP contribution in [0.1, 0.15) is 24.6 Å². The van der Waals surface area contributed by atoms with E-state index in [9.17, 15) is 4.79 Å². The van der Waals surface area contributed by atoms with E-state index in [4.69, 9.17) is 14.5 Å². The average Bonchev–Trinajstić information content (AvgIpc) is 3.10. The normalized spacial score (nSPS) is 29.8. The van der Waals surface area contributed by atoms with Gasteiger partial charge < -0.3 is 18.9 Å². The lowest BCUT2D eigenvalue weighted by Crippen LogP contribution is -2.52. The summed E-state index contributed by atoms with van der Waals surface area (Å²) in [6, 6.07) is 8.18. The Hall–Kier alpha value is -2.44. The number of benzene rings is 1. The van der Waals surface area contributed by atoms with Crippen LogP contribution in [0.15, 0.2) is 48.6 Å². The molecule has 4 unspecified atom stereocenters. The number of rotatable bonds is 2. The highest BCUT2D eigenvalue weighted by Crippen LogP contribution is 2.30. The maximum absolute atomic E-state index is 13.1. The van der Waals surface area contributed by atoms with E-state index >= 15 is 0 Å². The summed E-state index contributed by atoms with van der Waals surface area (Å²) in [6.45, 7) is 1.76. The Morgan fingerprint density at radius 2 is 2.00 bits per heavy atom. The Bertz CT molecular complexity index is 948. The van der Waals surface area contributed by atoms with Crippen LogP contribution in [0.25, 0.3) is 11.0 Å². The van der Waals surface area contributed by atoms with Gasteiger partial charge in [0.2, 0.25) is 0 Å². The second kappa shape index (κ2) is 7.18. The molecule has 4 atom stereocenters. The predicted molar refractivity (Wildman–Crippen MR) is 106 cm³/mol. The molecule has 3 aliphatic rings. The van der Waals surface area contributed by atoms with Crippen molar-refractivity contribution in [1.82, 2.24) is 14.5 Å². The van der Waals surface area contributed by atoms with Crippen molar-refractivity contribution in [2.24, 2.45) is 7.05 Å². The molecule has 28 heavy (non-hydrogen) atoms. The second-order valence-corrected chi connectivity index (χ2v) is 7.80. The lowest BCUT2D eigenvalue weighted by atomic mass is 9.96. The van der Waals surface area contributed by atoms with Gasteiger partial charge in [-0.2, -0.15) is 0 Å². The third-order valence-electron chi connectivity index (χ3n) is 5.99. The summed E-state index contributed by atoms with van der Waals surface area (Å²) < 4.78 is 14.1. The van der Waals surface area contributed by atoms with Gasteiger partial charge in [-0.15, -0.1) is 0 Å². The number of fused-ring (bicyclic) bond motifs is 2. The maximum Gasteiger partial charge on any atom is 0.254 e. The van der Waals surface area contributed by atoms with Crippen LogP contribution >= 0.6 is 0 Å². The lowest BCUT2D eigenvalue weighted by Gasteiger charge is -2.39. The molecule has 1 aromatic carbocycles. The van der Waals surface area contributed by atoms with E-state index in [1.54, 1.807) is 0 Å². The molecule has 2 fully saturated rings. The zero-order valence-corrected chi connectivity index (χ0v) is 16.0. The Morgan fingerprint density at radius 1 is 1.18 bits per heavy atom. The Labute approximate surface area is 164 Å². The minimum absolute atomic E-state index is 0.0323. The third kappa shape index (κ3) is 3.06. The van der Waals surface area contributed by atoms with Crippen LogP contribution in [0.4, 0.5) is 0 Å². The zero-order valence-electron chi connectivity index (χ0n) is 16.0. The van der Waals surface area contributed by atoms with E-state index in [-0.39, 0.29) is 24.0 Å². The SMILES string of the molecule is Cn1c(C2CCCN(C(=O)C3COC4C=CC=CC4O3)C2)nc2ccccc21. The molecule has 1 amide bonds. The van der Waals surface area contributed by atoms with Crippen LogP contribution in [0, 0.1) is 0 Å². The van der Waals surface area contributed by atoms with Crippen molar-refractivity contribution < 1.29 is 14.3 Å². The van der Waals surface area contributed by atoms with E-state index in [0.29, 0.717) is 13.2 Å². The van der Waals surface area contributed by atoms with Crippen molar-refractivity contribution in [2.45, 2.75) is 37.1 Å². The van der Waals surface area contributed by atoms with Gasteiger partial charge in [0.25, 0.3) is 5.91 Å². The van der Waals surface area contributed by atoms with Gasteiger partial charge in [0, 0.05) is 26.1 Å². The molecule has 5 rings (SSSR count). The quantitative estimate of drug-likeness (QED) is 0.805. The first kappa shape index (κ1) is 17.6. The third-order valence-corrected chi connectivity index (χ3v) is 5.99. The molecule has 2 aliphatic heterocycles. The number of likely N-dealkylation sites (tertiary alicyclic amines) is 1. The van der Waals surface area contributed by atoms with Crippen molar-refractivity contribution in [3.8, 4) is 0 Å². The summed E-state index contributed by atoms with van der Waals surface area (Å²) in [5.41, 5.74) is 2.14. The summed E-state index contributed by atoms with van der Waals surface area (Å²) in [6.07, 6.45) is 9.08. The zero-order chi connectivity index (χ0) is 19.1. The molecule has 146 valence electrons. The number of nitrogens with zero attached hydrogens (tertiary/aromatic N) is 3. The molecule has 0 N–H and O–H groups in total. The molecule has 1 aliphatic carbocycles. The van der Waals surface area contributed by atoms with Crippen LogP contribution in [-0.4, -0.2) is 58.4 Å². The van der Waals surface area contributed by atoms with E-state index in [1.165, 1.54) is 0 Å². The number of aromatic nitrogens is 2. The van der Waals surface area contributed by atoms with Gasteiger partial charge in [-0.05, 0) is 25.0 Å². The standard InChI is InChI=1S/C22H25N3O3/c1-24-17-9-3-2-8-16(17)23-21(24)15-7-6-12-25(13-15)22(26)20-14-27-18-10-4-5-11-19(18)28-20/h2-5,8-11,15,18-20H,6-7,12-14H2,1H3. The molecule has 3 heterocycles. The van der Waals surface area contributed by atoms with E-state index in [1.807, 2.05) is 47.4 Å². The number of aryl methyl sites for hydroxylation is 1. The fourth-order valence-electron chi connectivity index (χ4n) is 4.52. The van der Waals surface area contributed by atoms with Crippen LogP contribution in [-0.2, 0) is 21.3 Å². The number of carbonyl (C=O) groups is 1. The minimum Gasteiger partial charge on any atom is -0.368 e. The fraction of sp³-hybridized carbons (Fsp3) is 0.455. The van der Waals surface area contributed by atoms with Gasteiger partial charge in [0.05, 0.1) is 17.6 Å². The lowest BCUT2D eigenvalue weighted by molar-refractivity contribution is -0.177. The van der Waals surface area contributed by atoms with E-state index in [0.717, 1.165) is 36.2 Å². The number of para-hydroxylation sites is 2. The van der Waals surface area contributed by atoms with Gasteiger partial charge in [0.15, 0.2) is 6.10 Å². The van der Waals surface area contributed by atoms with Crippen molar-refractivity contribution >= 4 is 16.9 Å². The second-order valence-electron chi connectivity index (χ2n) is 7.80. The van der Waals surface area contributed by atoms with Gasteiger partial charge in [-0.1, -0.05) is 36.4 Å². The van der Waals surface area contributed by atoms with Crippen LogP contribution in [0.2, 0.25) is 0 Å². The number of hydrogen-bond donors (Lipinski definition) is 0. The molecular formula is C22H25N3O3. The summed E-state index contributed by atoms with van der Waals surface area (Å²) in [5.74, 6) is 1.33. The summed E-state index contributed by atoms with van der Waals surface area (Å²) in [7, 11) is 2.06. The largest absolute Gasteiger partial charge is 0.368 e. The fourth-order valence-corrected chi connectivity index (χ4v) is 4.52. The summed E-state index contributed by atoms with van der Waals surface area (Å²) >= 11 is 0. The Balaban J connectivity index is 1.31. The van der Waals surface area contributed by atoms with Gasteiger partial charge >= 0.3 is 0 Å². The van der Waals surface area contributed by atoms with E-state index in [2.05, 4.69) is 17.7 Å². The van der Waals surface area contributed by atoms with Crippen molar-refractivity contribution in [3.05, 3.63) is 54.4 Å². The number of hydrogen-bond acceptors (Lipinski definition) is 4. The number of imidazole rings is 1. The first-order chi connectivity index (χ1) is 13.7. The highest BCUT2D eigenvalue weighted by molar-refractivity contribution is 5.81. The van der Waals surface area contributed by atoms with Crippen molar-refractivity contribution in [1.29, 1.82) is 0 Å². The highest BCUT2D eigenvalue weighted by atomic mass is 16.6. The van der Waals surface area contributed by atoms with Crippen molar-refractivity contribution in [2.75, 3.05) is 19.7 Å². The number of ether oxygens (including phenoxy) is 2. The molecule has 0 saturated carbocycles. The maximum atomic E-state index is 13.1. The topological polar surface area (TPSA) is 56.6 Å². The average molecular weight is 379 g/mol. The Morgan fingerprint density at radius 3 is 2.86 bits per heavy atom. The van der Waals surface area contributed by atoms with Crippen LogP contribution < -0.4 is 0 Å². The number of piperidine rings is 1. The molecule has 0 spiro atoms. The van der Waals surface area contributed by atoms with Crippen LogP contribution in [0.5, 0.6) is 0 Å². The first-order valence-corrected chi connectivity index (χ1v) is 10.0. The monoisotopic (exact) mass is 379 g/mol. The van der Waals surface area contributed by atoms with Gasteiger partial charge in [-0.3, -0.25) is 4.79 Å². The highest BCUT2D eigenvalue weighted by Gasteiger charge is 2.37. The number of amides is 1. The van der Waals surface area contributed by atoms with E-state index < -0.39 is 6.10 Å². The molecule has 1 aromatic heterocycles. The summed E-state index contributed by atoms with van der Waals surface area (Å²) in [5, 5.41) is 0. The molecule has 0 radical (unpaired) electrons. The van der Waals surface area contributed by atoms with Crippen molar-refractivity contribution in [3.63, 3.8) is 0 Å². The van der Waals surface area contributed by atoms with Gasteiger partial charge in [0.1, 0.15) is 18.0 Å². The molecule has 0 bridgehead atoms. The molecular weight excluding hydrogens is 354 g/mol. The molecule has 2 aromatic rings.